The van der Waals surface area contributed by atoms with Crippen LogP contribution in [-0.2, 0) is 0 Å². The summed E-state index contributed by atoms with van der Waals surface area (Å²) >= 11 is 0. The van der Waals surface area contributed by atoms with Crippen LogP contribution in [0.1, 0.15) is 29.8 Å². The first-order valence-electron chi connectivity index (χ1n) is 6.40. The van der Waals surface area contributed by atoms with E-state index in [1.54, 1.807) is 12.1 Å². The highest BCUT2D eigenvalue weighted by Crippen LogP contribution is 2.15. The second kappa shape index (κ2) is 6.15. The molecule has 0 unspecified atom stereocenters. The van der Waals surface area contributed by atoms with Gasteiger partial charge >= 0.3 is 0 Å². The summed E-state index contributed by atoms with van der Waals surface area (Å²) < 4.78 is 13.6. The molecule has 106 valence electrons. The first-order chi connectivity index (χ1) is 8.71. The molecule has 1 amide bonds. The standard InChI is InChI=1S/C15H23FN2O/c1-11-6-7-13(16)12(8-11)14(19)17-9-15(2,3)10-18(4)5/h6-8H,9-10H2,1-5H3,(H,17,19). The van der Waals surface area contributed by atoms with Gasteiger partial charge in [-0.05, 0) is 38.6 Å². The average molecular weight is 266 g/mol. The Kier molecular flexibility index (Phi) is 5.06. The van der Waals surface area contributed by atoms with Gasteiger partial charge in [-0.25, -0.2) is 4.39 Å². The molecule has 0 radical (unpaired) electrons. The third-order valence-corrected chi connectivity index (χ3v) is 2.84. The molecule has 0 aromatic heterocycles. The molecular weight excluding hydrogens is 243 g/mol. The minimum absolute atomic E-state index is 0.0561. The molecule has 0 saturated carbocycles. The van der Waals surface area contributed by atoms with Gasteiger partial charge in [0.1, 0.15) is 5.82 Å². The minimum atomic E-state index is -0.478. The van der Waals surface area contributed by atoms with Crippen LogP contribution in [0.2, 0.25) is 0 Å². The highest BCUT2D eigenvalue weighted by atomic mass is 19.1. The summed E-state index contributed by atoms with van der Waals surface area (Å²) in [5.74, 6) is -0.832. The van der Waals surface area contributed by atoms with E-state index in [0.29, 0.717) is 6.54 Å². The van der Waals surface area contributed by atoms with Crippen molar-refractivity contribution < 1.29 is 9.18 Å². The van der Waals surface area contributed by atoms with E-state index in [1.807, 2.05) is 21.0 Å². The van der Waals surface area contributed by atoms with Gasteiger partial charge in [0.15, 0.2) is 0 Å². The van der Waals surface area contributed by atoms with Gasteiger partial charge in [-0.3, -0.25) is 4.79 Å². The lowest BCUT2D eigenvalue weighted by Gasteiger charge is -2.28. The van der Waals surface area contributed by atoms with Gasteiger partial charge in [-0.1, -0.05) is 25.5 Å². The molecule has 1 N–H and O–H groups in total. The van der Waals surface area contributed by atoms with Crippen LogP contribution in [0.3, 0.4) is 0 Å². The van der Waals surface area contributed by atoms with E-state index in [-0.39, 0.29) is 16.9 Å². The zero-order chi connectivity index (χ0) is 14.6. The monoisotopic (exact) mass is 266 g/mol. The van der Waals surface area contributed by atoms with Gasteiger partial charge in [-0.2, -0.15) is 0 Å². The molecule has 0 bridgehead atoms. The van der Waals surface area contributed by atoms with Crippen LogP contribution >= 0.6 is 0 Å². The quantitative estimate of drug-likeness (QED) is 0.888. The minimum Gasteiger partial charge on any atom is -0.351 e. The molecule has 19 heavy (non-hydrogen) atoms. The number of rotatable bonds is 5. The van der Waals surface area contributed by atoms with E-state index >= 15 is 0 Å². The van der Waals surface area contributed by atoms with Crippen molar-refractivity contribution in [2.45, 2.75) is 20.8 Å². The molecule has 0 aliphatic heterocycles. The molecular formula is C15H23FN2O. The highest BCUT2D eigenvalue weighted by molar-refractivity contribution is 5.94. The lowest BCUT2D eigenvalue weighted by molar-refractivity contribution is 0.0925. The summed E-state index contributed by atoms with van der Waals surface area (Å²) in [6.07, 6.45) is 0. The van der Waals surface area contributed by atoms with E-state index in [2.05, 4.69) is 24.1 Å². The number of benzene rings is 1. The fourth-order valence-electron chi connectivity index (χ4n) is 2.14. The molecule has 1 rings (SSSR count). The number of hydrogen-bond donors (Lipinski definition) is 1. The van der Waals surface area contributed by atoms with Crippen molar-refractivity contribution in [3.05, 3.63) is 35.1 Å². The van der Waals surface area contributed by atoms with Gasteiger partial charge in [0.25, 0.3) is 5.91 Å². The SMILES string of the molecule is Cc1ccc(F)c(C(=O)NCC(C)(C)CN(C)C)c1. The zero-order valence-corrected chi connectivity index (χ0v) is 12.4. The fourth-order valence-corrected chi connectivity index (χ4v) is 2.14. The number of carbonyl (C=O) groups excluding carboxylic acids is 1. The molecule has 3 nitrogen and oxygen atoms in total. The number of hydrogen-bond acceptors (Lipinski definition) is 2. The van der Waals surface area contributed by atoms with Gasteiger partial charge in [0.2, 0.25) is 0 Å². The normalized spacial score (nSPS) is 11.7. The molecule has 0 spiro atoms. The van der Waals surface area contributed by atoms with Crippen molar-refractivity contribution >= 4 is 5.91 Å². The van der Waals surface area contributed by atoms with Crippen LogP contribution in [0.25, 0.3) is 0 Å². The summed E-state index contributed by atoms with van der Waals surface area (Å²) in [5.41, 5.74) is 0.930. The second-order valence-electron chi connectivity index (χ2n) is 6.07. The summed E-state index contributed by atoms with van der Waals surface area (Å²) in [5, 5.41) is 2.81. The molecule has 0 aliphatic carbocycles. The molecule has 0 heterocycles. The van der Waals surface area contributed by atoms with Crippen molar-refractivity contribution in [3.8, 4) is 0 Å². The highest BCUT2D eigenvalue weighted by Gasteiger charge is 2.21. The van der Waals surface area contributed by atoms with E-state index in [4.69, 9.17) is 0 Å². The van der Waals surface area contributed by atoms with Crippen molar-refractivity contribution in [1.29, 1.82) is 0 Å². The molecule has 4 heteroatoms. The van der Waals surface area contributed by atoms with E-state index < -0.39 is 5.82 Å². The summed E-state index contributed by atoms with van der Waals surface area (Å²) in [6, 6.07) is 4.56. The van der Waals surface area contributed by atoms with Crippen LogP contribution in [-0.4, -0.2) is 38.0 Å². The molecule has 0 saturated heterocycles. The van der Waals surface area contributed by atoms with Crippen LogP contribution in [0.15, 0.2) is 18.2 Å². The molecule has 0 fully saturated rings. The van der Waals surface area contributed by atoms with Crippen molar-refractivity contribution in [3.63, 3.8) is 0 Å². The lowest BCUT2D eigenvalue weighted by atomic mass is 9.93. The Labute approximate surface area is 114 Å². The number of nitrogens with one attached hydrogen (secondary N) is 1. The molecule has 1 aromatic rings. The van der Waals surface area contributed by atoms with E-state index in [1.165, 1.54) is 6.07 Å². The van der Waals surface area contributed by atoms with E-state index in [9.17, 15) is 9.18 Å². The zero-order valence-electron chi connectivity index (χ0n) is 12.4. The van der Waals surface area contributed by atoms with Crippen LogP contribution in [0, 0.1) is 18.2 Å². The van der Waals surface area contributed by atoms with Gasteiger partial charge in [-0.15, -0.1) is 0 Å². The maximum Gasteiger partial charge on any atom is 0.254 e. The molecule has 0 atom stereocenters. The topological polar surface area (TPSA) is 32.3 Å². The summed E-state index contributed by atoms with van der Waals surface area (Å²) in [7, 11) is 3.98. The first-order valence-corrected chi connectivity index (χ1v) is 6.40. The van der Waals surface area contributed by atoms with Gasteiger partial charge in [0.05, 0.1) is 5.56 Å². The Morgan fingerprint density at radius 2 is 2.00 bits per heavy atom. The Balaban J connectivity index is 2.68. The number of aryl methyl sites for hydroxylation is 1. The first kappa shape index (κ1) is 15.6. The number of carbonyl (C=O) groups is 1. The Bertz CT molecular complexity index is 455. The predicted octanol–water partition coefficient (Wildman–Crippen LogP) is 2.45. The fraction of sp³-hybridized carbons (Fsp3) is 0.533. The van der Waals surface area contributed by atoms with Crippen LogP contribution in [0.5, 0.6) is 0 Å². The second-order valence-corrected chi connectivity index (χ2v) is 6.07. The smallest absolute Gasteiger partial charge is 0.254 e. The summed E-state index contributed by atoms with van der Waals surface area (Å²) in [4.78, 5) is 14.1. The summed E-state index contributed by atoms with van der Waals surface area (Å²) in [6.45, 7) is 7.34. The number of amides is 1. The van der Waals surface area contributed by atoms with Crippen LogP contribution in [0.4, 0.5) is 4.39 Å². The maximum absolute atomic E-state index is 13.6. The molecule has 0 aliphatic rings. The van der Waals surface area contributed by atoms with Crippen LogP contribution < -0.4 is 5.32 Å². The largest absolute Gasteiger partial charge is 0.351 e. The Morgan fingerprint density at radius 1 is 1.37 bits per heavy atom. The van der Waals surface area contributed by atoms with E-state index in [0.717, 1.165) is 12.1 Å². The lowest BCUT2D eigenvalue weighted by Crippen LogP contribution is -2.40. The average Bonchev–Trinajstić information content (AvgIpc) is 2.27. The third kappa shape index (κ3) is 4.99. The maximum atomic E-state index is 13.6. The third-order valence-electron chi connectivity index (χ3n) is 2.84. The number of halogens is 1. The van der Waals surface area contributed by atoms with Crippen molar-refractivity contribution in [2.75, 3.05) is 27.2 Å². The molecule has 1 aromatic carbocycles. The Morgan fingerprint density at radius 3 is 2.58 bits per heavy atom. The number of nitrogens with zero attached hydrogens (tertiary/aromatic N) is 1. The van der Waals surface area contributed by atoms with Crippen molar-refractivity contribution in [1.82, 2.24) is 10.2 Å². The van der Waals surface area contributed by atoms with Gasteiger partial charge < -0.3 is 10.2 Å². The Hall–Kier alpha value is -1.42. The van der Waals surface area contributed by atoms with Gasteiger partial charge in [0, 0.05) is 13.1 Å². The van der Waals surface area contributed by atoms with Crippen molar-refractivity contribution in [2.24, 2.45) is 5.41 Å². The predicted molar refractivity (Wildman–Crippen MR) is 75.8 cm³/mol.